The lowest BCUT2D eigenvalue weighted by atomic mass is 10.2. The van der Waals surface area contributed by atoms with Crippen molar-refractivity contribution in [2.75, 3.05) is 26.8 Å². The Morgan fingerprint density at radius 1 is 1.35 bits per heavy atom. The van der Waals surface area contributed by atoms with Crippen molar-refractivity contribution in [1.29, 1.82) is 0 Å². The predicted octanol–water partition coefficient (Wildman–Crippen LogP) is 1.50. The summed E-state index contributed by atoms with van der Waals surface area (Å²) in [6.07, 6.45) is 5.31. The van der Waals surface area contributed by atoms with Crippen LogP contribution in [0.15, 0.2) is 36.9 Å². The first-order chi connectivity index (χ1) is 11.2. The molecule has 1 aromatic carbocycles. The van der Waals surface area contributed by atoms with Gasteiger partial charge >= 0.3 is 6.03 Å². The predicted molar refractivity (Wildman–Crippen MR) is 84.5 cm³/mol. The van der Waals surface area contributed by atoms with Crippen LogP contribution < -0.4 is 14.8 Å². The molecule has 0 unspecified atom stereocenters. The third-order valence-electron chi connectivity index (χ3n) is 3.58. The highest BCUT2D eigenvalue weighted by molar-refractivity contribution is 5.73. The van der Waals surface area contributed by atoms with Crippen molar-refractivity contribution in [2.24, 2.45) is 0 Å². The third kappa shape index (κ3) is 3.94. The SMILES string of the molecule is CN(Cc1ccc2c(c1)OCCO2)C(=O)NCCn1ccnc1. The molecule has 0 fully saturated rings. The minimum Gasteiger partial charge on any atom is -0.486 e. The van der Waals surface area contributed by atoms with E-state index >= 15 is 0 Å². The number of benzene rings is 1. The Balaban J connectivity index is 1.49. The van der Waals surface area contributed by atoms with Crippen LogP contribution in [0, 0.1) is 0 Å². The van der Waals surface area contributed by atoms with Gasteiger partial charge in [-0.25, -0.2) is 9.78 Å². The van der Waals surface area contributed by atoms with Crippen molar-refractivity contribution in [3.8, 4) is 11.5 Å². The van der Waals surface area contributed by atoms with E-state index in [1.807, 2.05) is 29.0 Å². The number of carbonyl (C=O) groups is 1. The average Bonchev–Trinajstić information content (AvgIpc) is 3.08. The summed E-state index contributed by atoms with van der Waals surface area (Å²) in [5.74, 6) is 1.50. The number of fused-ring (bicyclic) bond motifs is 1. The summed E-state index contributed by atoms with van der Waals surface area (Å²) in [6, 6.07) is 5.64. The van der Waals surface area contributed by atoms with Crippen molar-refractivity contribution in [3.63, 3.8) is 0 Å². The Morgan fingerprint density at radius 3 is 2.96 bits per heavy atom. The van der Waals surface area contributed by atoms with Gasteiger partial charge in [-0.3, -0.25) is 0 Å². The first kappa shape index (κ1) is 15.2. The van der Waals surface area contributed by atoms with Gasteiger partial charge in [-0.1, -0.05) is 6.07 Å². The van der Waals surface area contributed by atoms with E-state index in [1.165, 1.54) is 0 Å². The second-order valence-electron chi connectivity index (χ2n) is 5.37. The van der Waals surface area contributed by atoms with Gasteiger partial charge in [0.25, 0.3) is 0 Å². The molecule has 0 saturated carbocycles. The number of nitrogens with one attached hydrogen (secondary N) is 1. The molecule has 0 atom stereocenters. The van der Waals surface area contributed by atoms with Gasteiger partial charge in [-0.2, -0.15) is 0 Å². The van der Waals surface area contributed by atoms with Crippen molar-refractivity contribution < 1.29 is 14.3 Å². The van der Waals surface area contributed by atoms with E-state index in [2.05, 4.69) is 10.3 Å². The molecule has 1 N–H and O–H groups in total. The number of aromatic nitrogens is 2. The Labute approximate surface area is 134 Å². The highest BCUT2D eigenvalue weighted by Crippen LogP contribution is 2.30. The Bertz CT molecular complexity index is 657. The zero-order valence-electron chi connectivity index (χ0n) is 13.1. The molecular formula is C16H20N4O3. The summed E-state index contributed by atoms with van der Waals surface area (Å²) in [7, 11) is 1.77. The quantitative estimate of drug-likeness (QED) is 0.907. The van der Waals surface area contributed by atoms with Crippen molar-refractivity contribution in [3.05, 3.63) is 42.5 Å². The summed E-state index contributed by atoms with van der Waals surface area (Å²) >= 11 is 0. The van der Waals surface area contributed by atoms with Crippen LogP contribution >= 0.6 is 0 Å². The normalized spacial score (nSPS) is 12.7. The van der Waals surface area contributed by atoms with E-state index in [0.29, 0.717) is 32.8 Å². The van der Waals surface area contributed by atoms with Crippen LogP contribution in [-0.4, -0.2) is 47.3 Å². The second-order valence-corrected chi connectivity index (χ2v) is 5.37. The van der Waals surface area contributed by atoms with E-state index in [-0.39, 0.29) is 6.03 Å². The molecule has 23 heavy (non-hydrogen) atoms. The number of ether oxygens (including phenoxy) is 2. The summed E-state index contributed by atoms with van der Waals surface area (Å²) in [5, 5.41) is 2.89. The molecule has 2 amide bonds. The average molecular weight is 316 g/mol. The smallest absolute Gasteiger partial charge is 0.317 e. The zero-order valence-corrected chi connectivity index (χ0v) is 13.1. The molecule has 1 aromatic heterocycles. The summed E-state index contributed by atoms with van der Waals surface area (Å²) < 4.78 is 13.0. The third-order valence-corrected chi connectivity index (χ3v) is 3.58. The Hall–Kier alpha value is -2.70. The van der Waals surface area contributed by atoms with Crippen molar-refractivity contribution in [2.45, 2.75) is 13.1 Å². The number of rotatable bonds is 5. The van der Waals surface area contributed by atoms with Gasteiger partial charge in [-0.05, 0) is 17.7 Å². The fourth-order valence-corrected chi connectivity index (χ4v) is 2.38. The molecule has 2 heterocycles. The van der Waals surface area contributed by atoms with E-state index < -0.39 is 0 Å². The molecule has 122 valence electrons. The van der Waals surface area contributed by atoms with Crippen LogP contribution in [0.25, 0.3) is 0 Å². The lowest BCUT2D eigenvalue weighted by Crippen LogP contribution is -2.38. The maximum Gasteiger partial charge on any atom is 0.317 e. The Morgan fingerprint density at radius 2 is 2.17 bits per heavy atom. The van der Waals surface area contributed by atoms with Gasteiger partial charge < -0.3 is 24.3 Å². The fraction of sp³-hybridized carbons (Fsp3) is 0.375. The van der Waals surface area contributed by atoms with E-state index in [4.69, 9.17) is 9.47 Å². The number of hydrogen-bond acceptors (Lipinski definition) is 4. The number of imidazole rings is 1. The van der Waals surface area contributed by atoms with Gasteiger partial charge in [0.05, 0.1) is 6.33 Å². The zero-order chi connectivity index (χ0) is 16.1. The molecule has 3 rings (SSSR count). The van der Waals surface area contributed by atoms with E-state index in [0.717, 1.165) is 17.1 Å². The van der Waals surface area contributed by atoms with Gasteiger partial charge in [0.15, 0.2) is 11.5 Å². The minimum atomic E-state index is -0.111. The van der Waals surface area contributed by atoms with Gasteiger partial charge in [0.1, 0.15) is 13.2 Å². The number of hydrogen-bond donors (Lipinski definition) is 1. The maximum absolute atomic E-state index is 12.1. The molecule has 2 aromatic rings. The summed E-state index contributed by atoms with van der Waals surface area (Å²) in [4.78, 5) is 17.7. The number of urea groups is 1. The maximum atomic E-state index is 12.1. The molecule has 1 aliphatic heterocycles. The first-order valence-electron chi connectivity index (χ1n) is 7.55. The summed E-state index contributed by atoms with van der Waals surface area (Å²) in [5.41, 5.74) is 1.00. The largest absolute Gasteiger partial charge is 0.486 e. The summed E-state index contributed by atoms with van der Waals surface area (Å²) in [6.45, 7) is 2.89. The minimum absolute atomic E-state index is 0.111. The molecule has 0 spiro atoms. The number of carbonyl (C=O) groups excluding carboxylic acids is 1. The topological polar surface area (TPSA) is 68.6 Å². The van der Waals surface area contributed by atoms with E-state index in [1.54, 1.807) is 24.5 Å². The van der Waals surface area contributed by atoms with Gasteiger partial charge in [-0.15, -0.1) is 0 Å². The molecule has 1 aliphatic rings. The van der Waals surface area contributed by atoms with E-state index in [9.17, 15) is 4.79 Å². The standard InChI is InChI=1S/C16H20N4O3/c1-19(16(21)18-5-7-20-6-4-17-12-20)11-13-2-3-14-15(10-13)23-9-8-22-14/h2-4,6,10,12H,5,7-9,11H2,1H3,(H,18,21). The number of amides is 2. The monoisotopic (exact) mass is 316 g/mol. The van der Waals surface area contributed by atoms with Crippen molar-refractivity contribution >= 4 is 6.03 Å². The van der Waals surface area contributed by atoms with Crippen LogP contribution in [0.4, 0.5) is 4.79 Å². The molecule has 7 nitrogen and oxygen atoms in total. The number of nitrogens with zero attached hydrogens (tertiary/aromatic N) is 3. The van der Waals surface area contributed by atoms with Crippen LogP contribution in [0.5, 0.6) is 11.5 Å². The lowest BCUT2D eigenvalue weighted by molar-refractivity contribution is 0.171. The first-order valence-corrected chi connectivity index (χ1v) is 7.55. The fourth-order valence-electron chi connectivity index (χ4n) is 2.38. The second kappa shape index (κ2) is 7.04. The molecular weight excluding hydrogens is 296 g/mol. The molecule has 0 radical (unpaired) electrons. The highest BCUT2D eigenvalue weighted by Gasteiger charge is 2.14. The highest BCUT2D eigenvalue weighted by atomic mass is 16.6. The van der Waals surface area contributed by atoms with Crippen LogP contribution in [0.3, 0.4) is 0 Å². The lowest BCUT2D eigenvalue weighted by Gasteiger charge is -2.21. The van der Waals surface area contributed by atoms with Gasteiger partial charge in [0, 0.05) is 39.1 Å². The van der Waals surface area contributed by atoms with Crippen LogP contribution in [0.1, 0.15) is 5.56 Å². The molecule has 0 aliphatic carbocycles. The molecule has 7 heteroatoms. The van der Waals surface area contributed by atoms with Gasteiger partial charge in [0.2, 0.25) is 0 Å². The van der Waals surface area contributed by atoms with Crippen LogP contribution in [-0.2, 0) is 13.1 Å². The molecule has 0 saturated heterocycles. The Kier molecular flexibility index (Phi) is 4.65. The van der Waals surface area contributed by atoms with Crippen LogP contribution in [0.2, 0.25) is 0 Å². The van der Waals surface area contributed by atoms with Crippen molar-refractivity contribution in [1.82, 2.24) is 19.8 Å². The molecule has 0 bridgehead atoms.